The second kappa shape index (κ2) is 12.6. The molecule has 0 unspecified atom stereocenters. The molecule has 3 aliphatic rings. The summed E-state index contributed by atoms with van der Waals surface area (Å²) in [5, 5.41) is 8.16. The first-order valence-electron chi connectivity index (χ1n) is 12.9. The number of nitrogens with one attached hydrogen (secondary N) is 1. The fourth-order valence-corrected chi connectivity index (χ4v) is 5.15. The molecule has 2 aliphatic heterocycles. The van der Waals surface area contributed by atoms with Crippen LogP contribution >= 0.6 is 0 Å². The number of piperazine rings is 1. The van der Waals surface area contributed by atoms with E-state index in [1.807, 2.05) is 6.07 Å². The van der Waals surface area contributed by atoms with E-state index < -0.39 is 0 Å². The molecule has 194 valence electrons. The van der Waals surface area contributed by atoms with Crippen LogP contribution in [0.5, 0.6) is 0 Å². The first-order valence-corrected chi connectivity index (χ1v) is 12.9. The fourth-order valence-electron chi connectivity index (χ4n) is 5.15. The number of rotatable bonds is 5. The van der Waals surface area contributed by atoms with Crippen LogP contribution in [0.15, 0.2) is 16.7 Å². The standard InChI is InChI=1S/C22H31FN4O2.C4H8O2/c1-15-13-19-21(14-20(15)23)29-25-22(19)27-11-9-26(10-12-27)8-7-17-3-5-18(6-4-17)24-16(2)28;1-2-6-4-3-5-1/h13-14,17-18H,3-12H2,1-2H3,(H,24,28);1-4H2. The Kier molecular flexibility index (Phi) is 9.34. The number of carbonyl (C=O) groups excluding carboxylic acids is 1. The highest BCUT2D eigenvalue weighted by Crippen LogP contribution is 2.30. The molecule has 1 amide bonds. The summed E-state index contributed by atoms with van der Waals surface area (Å²) in [5.41, 5.74) is 1.13. The lowest BCUT2D eigenvalue weighted by Gasteiger charge is -2.36. The van der Waals surface area contributed by atoms with Crippen LogP contribution in [-0.4, -0.2) is 81.2 Å². The molecule has 0 bridgehead atoms. The molecule has 3 heterocycles. The van der Waals surface area contributed by atoms with Gasteiger partial charge in [-0.05, 0) is 63.1 Å². The Morgan fingerprint density at radius 2 is 1.71 bits per heavy atom. The lowest BCUT2D eigenvalue weighted by atomic mass is 9.84. The van der Waals surface area contributed by atoms with Crippen LogP contribution in [0.1, 0.15) is 44.6 Å². The summed E-state index contributed by atoms with van der Waals surface area (Å²) >= 11 is 0. The molecule has 3 fully saturated rings. The van der Waals surface area contributed by atoms with Gasteiger partial charge in [-0.3, -0.25) is 9.69 Å². The van der Waals surface area contributed by atoms with Crippen molar-refractivity contribution in [3.05, 3.63) is 23.5 Å². The molecule has 0 radical (unpaired) electrons. The van der Waals surface area contributed by atoms with E-state index in [2.05, 4.69) is 20.3 Å². The number of nitrogens with zero attached hydrogens (tertiary/aromatic N) is 3. The summed E-state index contributed by atoms with van der Waals surface area (Å²) in [5.74, 6) is 1.44. The highest BCUT2D eigenvalue weighted by molar-refractivity contribution is 5.89. The number of aryl methyl sites for hydroxylation is 1. The molecular weight excluding hydrogens is 451 g/mol. The van der Waals surface area contributed by atoms with Gasteiger partial charge in [0.25, 0.3) is 0 Å². The summed E-state index contributed by atoms with van der Waals surface area (Å²) < 4.78 is 29.0. The zero-order valence-electron chi connectivity index (χ0n) is 21.1. The number of aromatic nitrogens is 1. The normalized spacial score (nSPS) is 23.6. The van der Waals surface area contributed by atoms with Crippen LogP contribution < -0.4 is 10.2 Å². The van der Waals surface area contributed by atoms with Gasteiger partial charge in [0.05, 0.1) is 31.8 Å². The summed E-state index contributed by atoms with van der Waals surface area (Å²) in [7, 11) is 0. The first kappa shape index (κ1) is 25.9. The molecule has 1 aliphatic carbocycles. The third kappa shape index (κ3) is 7.38. The zero-order valence-corrected chi connectivity index (χ0v) is 21.1. The smallest absolute Gasteiger partial charge is 0.217 e. The van der Waals surface area contributed by atoms with E-state index >= 15 is 0 Å². The Morgan fingerprint density at radius 1 is 1.06 bits per heavy atom. The summed E-state index contributed by atoms with van der Waals surface area (Å²) in [6, 6.07) is 3.64. The van der Waals surface area contributed by atoms with Gasteiger partial charge in [-0.15, -0.1) is 0 Å². The minimum Gasteiger partial charge on any atom is -0.377 e. The predicted molar refractivity (Wildman–Crippen MR) is 133 cm³/mol. The van der Waals surface area contributed by atoms with E-state index in [0.29, 0.717) is 17.2 Å². The second-order valence-corrected chi connectivity index (χ2v) is 9.86. The Bertz CT molecular complexity index is 937. The van der Waals surface area contributed by atoms with Crippen molar-refractivity contribution in [2.45, 2.75) is 52.0 Å². The number of ether oxygens (including phenoxy) is 2. The van der Waals surface area contributed by atoms with E-state index in [1.54, 1.807) is 13.8 Å². The number of fused-ring (bicyclic) bond motifs is 1. The maximum Gasteiger partial charge on any atom is 0.217 e. The van der Waals surface area contributed by atoms with Gasteiger partial charge < -0.3 is 24.2 Å². The van der Waals surface area contributed by atoms with Crippen molar-refractivity contribution < 1.29 is 23.2 Å². The molecule has 1 aromatic heterocycles. The molecule has 8 nitrogen and oxygen atoms in total. The van der Waals surface area contributed by atoms with E-state index in [1.165, 1.54) is 25.3 Å². The van der Waals surface area contributed by atoms with Crippen molar-refractivity contribution in [1.29, 1.82) is 0 Å². The van der Waals surface area contributed by atoms with Crippen LogP contribution in [-0.2, 0) is 14.3 Å². The van der Waals surface area contributed by atoms with Gasteiger partial charge in [0, 0.05) is 45.2 Å². The molecule has 9 heteroatoms. The average Bonchev–Trinajstić information content (AvgIpc) is 3.28. The van der Waals surface area contributed by atoms with Crippen molar-refractivity contribution >= 4 is 22.7 Å². The van der Waals surface area contributed by atoms with Crippen molar-refractivity contribution in [2.24, 2.45) is 5.92 Å². The van der Waals surface area contributed by atoms with Gasteiger partial charge in [-0.25, -0.2) is 4.39 Å². The molecule has 2 saturated heterocycles. The number of carbonyl (C=O) groups is 1. The number of hydrogen-bond donors (Lipinski definition) is 1. The topological polar surface area (TPSA) is 80.1 Å². The van der Waals surface area contributed by atoms with E-state index in [4.69, 9.17) is 14.0 Å². The van der Waals surface area contributed by atoms with Crippen molar-refractivity contribution in [3.63, 3.8) is 0 Å². The van der Waals surface area contributed by atoms with Crippen LogP contribution in [0.3, 0.4) is 0 Å². The monoisotopic (exact) mass is 490 g/mol. The van der Waals surface area contributed by atoms with Gasteiger partial charge in [0.1, 0.15) is 5.82 Å². The molecule has 0 spiro atoms. The average molecular weight is 491 g/mol. The van der Waals surface area contributed by atoms with Crippen molar-refractivity contribution in [2.75, 3.05) is 64.1 Å². The number of hydrogen-bond acceptors (Lipinski definition) is 7. The lowest BCUT2D eigenvalue weighted by molar-refractivity contribution is -0.119. The highest BCUT2D eigenvalue weighted by atomic mass is 19.1. The quantitative estimate of drug-likeness (QED) is 0.687. The lowest BCUT2D eigenvalue weighted by Crippen LogP contribution is -2.47. The number of amides is 1. The van der Waals surface area contributed by atoms with E-state index in [-0.39, 0.29) is 11.7 Å². The third-order valence-corrected chi connectivity index (χ3v) is 7.26. The van der Waals surface area contributed by atoms with Gasteiger partial charge >= 0.3 is 0 Å². The SMILES string of the molecule is C1COCCO1.CC(=O)NC1CCC(CCN2CCN(c3noc4cc(F)c(C)cc34)CC2)CC1. The Labute approximate surface area is 207 Å². The largest absolute Gasteiger partial charge is 0.377 e. The molecule has 0 atom stereocenters. The van der Waals surface area contributed by atoms with Crippen LogP contribution in [0, 0.1) is 18.7 Å². The Hall–Kier alpha value is -2.23. The van der Waals surface area contributed by atoms with Crippen LogP contribution in [0.4, 0.5) is 10.2 Å². The number of anilines is 1. The van der Waals surface area contributed by atoms with Gasteiger partial charge in [0.2, 0.25) is 5.91 Å². The Balaban J connectivity index is 0.000000421. The maximum absolute atomic E-state index is 13.7. The van der Waals surface area contributed by atoms with E-state index in [0.717, 1.165) is 89.1 Å². The molecule has 1 aromatic carbocycles. The molecule has 5 rings (SSSR count). The Morgan fingerprint density at radius 3 is 2.31 bits per heavy atom. The predicted octanol–water partition coefficient (Wildman–Crippen LogP) is 3.52. The molecule has 1 N–H and O–H groups in total. The maximum atomic E-state index is 13.7. The van der Waals surface area contributed by atoms with Gasteiger partial charge in [0.15, 0.2) is 11.4 Å². The fraction of sp³-hybridized carbons (Fsp3) is 0.692. The van der Waals surface area contributed by atoms with Crippen molar-refractivity contribution in [1.82, 2.24) is 15.4 Å². The molecule has 1 saturated carbocycles. The summed E-state index contributed by atoms with van der Waals surface area (Å²) in [4.78, 5) is 16.0. The van der Waals surface area contributed by atoms with E-state index in [9.17, 15) is 9.18 Å². The minimum atomic E-state index is -0.254. The minimum absolute atomic E-state index is 0.0894. The van der Waals surface area contributed by atoms with Crippen molar-refractivity contribution in [3.8, 4) is 0 Å². The van der Waals surface area contributed by atoms with Gasteiger partial charge in [-0.2, -0.15) is 0 Å². The second-order valence-electron chi connectivity index (χ2n) is 9.86. The molecular formula is C26H39FN4O4. The van der Waals surface area contributed by atoms with Crippen LogP contribution in [0.25, 0.3) is 11.0 Å². The number of halogens is 1. The highest BCUT2D eigenvalue weighted by Gasteiger charge is 2.25. The van der Waals surface area contributed by atoms with Crippen LogP contribution in [0.2, 0.25) is 0 Å². The third-order valence-electron chi connectivity index (χ3n) is 7.26. The summed E-state index contributed by atoms with van der Waals surface area (Å²) in [6.45, 7) is 11.5. The first-order chi connectivity index (χ1) is 17.0. The molecule has 2 aromatic rings. The molecule has 35 heavy (non-hydrogen) atoms. The zero-order chi connectivity index (χ0) is 24.6. The number of benzene rings is 1. The van der Waals surface area contributed by atoms with Gasteiger partial charge in [-0.1, -0.05) is 5.16 Å². The summed E-state index contributed by atoms with van der Waals surface area (Å²) in [6.07, 6.45) is 5.88.